The van der Waals surface area contributed by atoms with E-state index in [4.69, 9.17) is 10.9 Å². The molecule has 0 radical (unpaired) electrons. The zero-order valence-corrected chi connectivity index (χ0v) is 10.6. The molecule has 0 unspecified atom stereocenters. The highest BCUT2D eigenvalue weighted by atomic mass is 16.6. The van der Waals surface area contributed by atoms with Crippen molar-refractivity contribution in [2.45, 2.75) is 19.3 Å². The number of nitro groups is 1. The number of nitrogens with zero attached hydrogens (tertiary/aromatic N) is 1. The summed E-state index contributed by atoms with van der Waals surface area (Å²) in [7, 11) is 0. The Balaban J connectivity index is 2.14. The lowest BCUT2D eigenvalue weighted by molar-refractivity contribution is -0.383. The maximum atomic E-state index is 11.1. The molecule has 0 aromatic heterocycles. The van der Waals surface area contributed by atoms with Crippen molar-refractivity contribution in [3.8, 4) is 0 Å². The predicted octanol–water partition coefficient (Wildman–Crippen LogP) is 1.45. The number of nitrogens with two attached hydrogens (primary N) is 1. The number of nitro benzene ring substituents is 1. The minimum atomic E-state index is -0.455. The first kappa shape index (κ1) is 13.6. The van der Waals surface area contributed by atoms with E-state index in [0.717, 1.165) is 19.3 Å². The van der Waals surface area contributed by atoms with Crippen molar-refractivity contribution in [1.82, 2.24) is 0 Å². The molecule has 19 heavy (non-hydrogen) atoms. The van der Waals surface area contributed by atoms with Gasteiger partial charge < -0.3 is 15.8 Å². The smallest absolute Gasteiger partial charge is 0.316 e. The molecular formula is C12H18N4O3. The van der Waals surface area contributed by atoms with Gasteiger partial charge in [-0.25, -0.2) is 0 Å². The summed E-state index contributed by atoms with van der Waals surface area (Å²) in [5.41, 5.74) is 3.10. The van der Waals surface area contributed by atoms with Gasteiger partial charge in [-0.05, 0) is 36.8 Å². The van der Waals surface area contributed by atoms with Gasteiger partial charge in [0.2, 0.25) is 0 Å². The molecule has 1 saturated carbocycles. The summed E-state index contributed by atoms with van der Waals surface area (Å²) in [6.45, 7) is 0.774. The van der Waals surface area contributed by atoms with Crippen LogP contribution in [0.3, 0.4) is 0 Å². The summed E-state index contributed by atoms with van der Waals surface area (Å²) < 4.78 is 0. The maximum Gasteiger partial charge on any atom is 0.316 e. The van der Waals surface area contributed by atoms with Crippen LogP contribution in [0, 0.1) is 15.5 Å². The Morgan fingerprint density at radius 2 is 2.11 bits per heavy atom. The molecule has 104 valence electrons. The van der Waals surface area contributed by atoms with E-state index >= 15 is 0 Å². The second kappa shape index (κ2) is 5.41. The van der Waals surface area contributed by atoms with Gasteiger partial charge in [0, 0.05) is 13.2 Å². The van der Waals surface area contributed by atoms with E-state index in [0.29, 0.717) is 12.2 Å². The van der Waals surface area contributed by atoms with Gasteiger partial charge in [0.15, 0.2) is 0 Å². The van der Waals surface area contributed by atoms with Crippen molar-refractivity contribution in [1.29, 1.82) is 0 Å². The molecule has 1 aliphatic rings. The zero-order valence-electron chi connectivity index (χ0n) is 10.6. The molecule has 0 heterocycles. The first-order valence-corrected chi connectivity index (χ1v) is 6.21. The average Bonchev–Trinajstić information content (AvgIpc) is 3.16. The van der Waals surface area contributed by atoms with Gasteiger partial charge in [0.25, 0.3) is 0 Å². The quantitative estimate of drug-likeness (QED) is 0.337. The Hall–Kier alpha value is -1.86. The summed E-state index contributed by atoms with van der Waals surface area (Å²) in [5.74, 6) is 5.28. The molecule has 0 bridgehead atoms. The molecular weight excluding hydrogens is 248 g/mol. The van der Waals surface area contributed by atoms with E-state index in [1.54, 1.807) is 18.2 Å². The minimum absolute atomic E-state index is 0.0511. The van der Waals surface area contributed by atoms with E-state index in [-0.39, 0.29) is 23.4 Å². The Morgan fingerprint density at radius 1 is 1.42 bits per heavy atom. The van der Waals surface area contributed by atoms with Crippen molar-refractivity contribution < 1.29 is 10.0 Å². The number of nitrogens with one attached hydrogen (secondary N) is 2. The summed E-state index contributed by atoms with van der Waals surface area (Å²) in [6, 6.07) is 4.92. The number of aliphatic hydroxyl groups excluding tert-OH is 1. The van der Waals surface area contributed by atoms with Gasteiger partial charge >= 0.3 is 5.69 Å². The number of hydrazine groups is 1. The lowest BCUT2D eigenvalue weighted by atomic mass is 10.0. The van der Waals surface area contributed by atoms with Gasteiger partial charge in [0.05, 0.1) is 4.92 Å². The number of rotatable bonds is 7. The molecule has 7 heteroatoms. The van der Waals surface area contributed by atoms with Crippen LogP contribution >= 0.6 is 0 Å². The van der Waals surface area contributed by atoms with E-state index < -0.39 is 4.92 Å². The van der Waals surface area contributed by atoms with Crippen LogP contribution in [0.5, 0.6) is 0 Å². The number of hydrogen-bond donors (Lipinski definition) is 4. The van der Waals surface area contributed by atoms with Crippen molar-refractivity contribution in [3.63, 3.8) is 0 Å². The van der Waals surface area contributed by atoms with Crippen LogP contribution in [0.1, 0.15) is 19.3 Å². The summed E-state index contributed by atoms with van der Waals surface area (Å²) in [4.78, 5) is 10.6. The molecule has 0 saturated heterocycles. The van der Waals surface area contributed by atoms with Gasteiger partial charge in [-0.2, -0.15) is 0 Å². The number of hydrogen-bond acceptors (Lipinski definition) is 6. The monoisotopic (exact) mass is 266 g/mol. The molecule has 0 atom stereocenters. The Kier molecular flexibility index (Phi) is 3.87. The lowest BCUT2D eigenvalue weighted by Gasteiger charge is -2.16. The number of aliphatic hydroxyl groups is 1. The molecule has 0 aliphatic heterocycles. The van der Waals surface area contributed by atoms with Gasteiger partial charge in [-0.15, -0.1) is 0 Å². The van der Waals surface area contributed by atoms with Crippen LogP contribution in [0.25, 0.3) is 0 Å². The van der Waals surface area contributed by atoms with Crippen LogP contribution < -0.4 is 16.6 Å². The first-order valence-electron chi connectivity index (χ1n) is 6.21. The number of nitrogen functional groups attached to an aromatic ring is 1. The molecule has 1 fully saturated rings. The maximum absolute atomic E-state index is 11.1. The van der Waals surface area contributed by atoms with Crippen LogP contribution in [0.4, 0.5) is 17.1 Å². The molecule has 2 rings (SSSR count). The van der Waals surface area contributed by atoms with E-state index in [1.165, 1.54) is 0 Å². The Bertz CT molecular complexity index is 474. The average molecular weight is 266 g/mol. The third-order valence-corrected chi connectivity index (χ3v) is 3.63. The molecule has 7 nitrogen and oxygen atoms in total. The Morgan fingerprint density at radius 3 is 2.63 bits per heavy atom. The van der Waals surface area contributed by atoms with Crippen molar-refractivity contribution in [3.05, 3.63) is 28.3 Å². The fraction of sp³-hybridized carbons (Fsp3) is 0.500. The van der Waals surface area contributed by atoms with Crippen LogP contribution in [0.2, 0.25) is 0 Å². The highest BCUT2D eigenvalue weighted by Gasteiger charge is 2.41. The zero-order chi connectivity index (χ0) is 13.9. The molecule has 0 spiro atoms. The largest absolute Gasteiger partial charge is 0.396 e. The molecule has 1 aromatic carbocycles. The van der Waals surface area contributed by atoms with Crippen molar-refractivity contribution in [2.24, 2.45) is 11.3 Å². The second-order valence-electron chi connectivity index (χ2n) is 4.93. The molecule has 0 amide bonds. The van der Waals surface area contributed by atoms with E-state index in [2.05, 4.69) is 10.7 Å². The van der Waals surface area contributed by atoms with Crippen LogP contribution in [-0.2, 0) is 0 Å². The van der Waals surface area contributed by atoms with Crippen molar-refractivity contribution >= 4 is 17.1 Å². The van der Waals surface area contributed by atoms with E-state index in [9.17, 15) is 10.1 Å². The number of anilines is 2. The molecule has 5 N–H and O–H groups in total. The van der Waals surface area contributed by atoms with Crippen LogP contribution in [-0.4, -0.2) is 23.2 Å². The van der Waals surface area contributed by atoms with Gasteiger partial charge in [-0.3, -0.25) is 16.0 Å². The first-order chi connectivity index (χ1) is 9.12. The van der Waals surface area contributed by atoms with Crippen molar-refractivity contribution in [2.75, 3.05) is 23.9 Å². The molecule has 1 aliphatic carbocycles. The minimum Gasteiger partial charge on any atom is -0.396 e. The second-order valence-corrected chi connectivity index (χ2v) is 4.93. The fourth-order valence-corrected chi connectivity index (χ4v) is 2.21. The standard InChI is InChI=1S/C12H18N4O3/c13-15-10-3-1-2-9(11(10)16(18)19)14-8-12(4-5-12)6-7-17/h1-3,14-15,17H,4-8,13H2. The normalized spacial score (nSPS) is 15.9. The van der Waals surface area contributed by atoms with E-state index in [1.807, 2.05) is 0 Å². The third-order valence-electron chi connectivity index (χ3n) is 3.63. The summed E-state index contributed by atoms with van der Waals surface area (Å²) in [6.07, 6.45) is 2.81. The molecule has 1 aromatic rings. The highest BCUT2D eigenvalue weighted by molar-refractivity contribution is 5.75. The topological polar surface area (TPSA) is 113 Å². The SMILES string of the molecule is NNc1cccc(NCC2(CCO)CC2)c1[N+](=O)[O-]. The third kappa shape index (κ3) is 2.94. The summed E-state index contributed by atoms with van der Waals surface area (Å²) >= 11 is 0. The lowest BCUT2D eigenvalue weighted by Crippen LogP contribution is -2.18. The summed E-state index contributed by atoms with van der Waals surface area (Å²) in [5, 5.41) is 23.2. The fourth-order valence-electron chi connectivity index (χ4n) is 2.21. The van der Waals surface area contributed by atoms with Crippen LogP contribution in [0.15, 0.2) is 18.2 Å². The number of benzene rings is 1. The van der Waals surface area contributed by atoms with Gasteiger partial charge in [-0.1, -0.05) is 6.07 Å². The highest BCUT2D eigenvalue weighted by Crippen LogP contribution is 2.49. The number of para-hydroxylation sites is 1. The Labute approximate surface area is 110 Å². The van der Waals surface area contributed by atoms with Gasteiger partial charge in [0.1, 0.15) is 11.4 Å². The predicted molar refractivity (Wildman–Crippen MR) is 72.8 cm³/mol.